The van der Waals surface area contributed by atoms with Crippen LogP contribution in [0.3, 0.4) is 0 Å². The molecule has 0 amide bonds. The molecule has 0 fully saturated rings. The van der Waals surface area contributed by atoms with E-state index in [0.29, 0.717) is 6.42 Å². The Labute approximate surface area is 88.4 Å². The van der Waals surface area contributed by atoms with Gasteiger partial charge < -0.3 is 0 Å². The zero-order chi connectivity index (χ0) is 8.97. The van der Waals surface area contributed by atoms with Crippen LogP contribution in [0.4, 0.5) is 0 Å². The molecule has 0 saturated carbocycles. The van der Waals surface area contributed by atoms with Crippen LogP contribution in [-0.4, -0.2) is 6.29 Å². The summed E-state index contributed by atoms with van der Waals surface area (Å²) in [5.74, 6) is 0. The maximum absolute atomic E-state index is 10.0. The summed E-state index contributed by atoms with van der Waals surface area (Å²) in [6.45, 7) is 0. The van der Waals surface area contributed by atoms with Gasteiger partial charge >= 0.3 is 0 Å². The molecule has 0 aliphatic rings. The van der Waals surface area contributed by atoms with Gasteiger partial charge in [0.15, 0.2) is 6.29 Å². The standard InChI is InChI=1S/C9H7Br2O/c10-8-4-3-7(2-1-5-12)9(11)6-8/h3-4,6H,1-2H2. The van der Waals surface area contributed by atoms with E-state index in [-0.39, 0.29) is 0 Å². The fourth-order valence-corrected chi connectivity index (χ4v) is 2.16. The Hall–Kier alpha value is -0.150. The molecule has 0 spiro atoms. The van der Waals surface area contributed by atoms with E-state index < -0.39 is 0 Å². The minimum atomic E-state index is 0.459. The molecule has 0 saturated heterocycles. The predicted molar refractivity (Wildman–Crippen MR) is 55.9 cm³/mol. The molecule has 63 valence electrons. The summed E-state index contributed by atoms with van der Waals surface area (Å²) in [4.78, 5) is 10.0. The van der Waals surface area contributed by atoms with Crippen molar-refractivity contribution in [2.45, 2.75) is 12.8 Å². The topological polar surface area (TPSA) is 17.1 Å². The number of carbonyl (C=O) groups excluding carboxylic acids is 1. The van der Waals surface area contributed by atoms with E-state index in [2.05, 4.69) is 31.9 Å². The third-order valence-electron chi connectivity index (χ3n) is 1.51. The summed E-state index contributed by atoms with van der Waals surface area (Å²) in [5.41, 5.74) is 1.14. The first-order valence-electron chi connectivity index (χ1n) is 3.53. The quantitative estimate of drug-likeness (QED) is 0.835. The van der Waals surface area contributed by atoms with Crippen LogP contribution >= 0.6 is 31.9 Å². The van der Waals surface area contributed by atoms with Crippen LogP contribution in [0.5, 0.6) is 0 Å². The minimum Gasteiger partial charge on any atom is -0.291 e. The molecule has 1 rings (SSSR count). The van der Waals surface area contributed by atoms with Crippen molar-refractivity contribution in [3.05, 3.63) is 32.7 Å². The molecule has 0 unspecified atom stereocenters. The average Bonchev–Trinajstić information content (AvgIpc) is 2.03. The van der Waals surface area contributed by atoms with Gasteiger partial charge in [-0.3, -0.25) is 4.79 Å². The first-order chi connectivity index (χ1) is 5.74. The third-order valence-corrected chi connectivity index (χ3v) is 2.74. The van der Waals surface area contributed by atoms with E-state index in [0.717, 1.165) is 20.9 Å². The fourth-order valence-electron chi connectivity index (χ4n) is 0.910. The monoisotopic (exact) mass is 289 g/mol. The normalized spacial score (nSPS) is 9.83. The molecule has 12 heavy (non-hydrogen) atoms. The van der Waals surface area contributed by atoms with E-state index >= 15 is 0 Å². The fraction of sp³-hybridized carbons (Fsp3) is 0.222. The Morgan fingerprint density at radius 1 is 1.33 bits per heavy atom. The van der Waals surface area contributed by atoms with Crippen LogP contribution < -0.4 is 0 Å². The van der Waals surface area contributed by atoms with Crippen LogP contribution in [0.25, 0.3) is 0 Å². The summed E-state index contributed by atoms with van der Waals surface area (Å²) >= 11 is 6.77. The van der Waals surface area contributed by atoms with Gasteiger partial charge in [-0.25, -0.2) is 0 Å². The van der Waals surface area contributed by atoms with Gasteiger partial charge in [-0.2, -0.15) is 0 Å². The minimum absolute atomic E-state index is 0.459. The van der Waals surface area contributed by atoms with Crippen molar-refractivity contribution >= 4 is 38.1 Å². The van der Waals surface area contributed by atoms with E-state index in [1.54, 1.807) is 0 Å². The zero-order valence-corrected chi connectivity index (χ0v) is 9.48. The molecule has 1 nitrogen and oxygen atoms in total. The lowest BCUT2D eigenvalue weighted by Crippen LogP contribution is -1.87. The first-order valence-corrected chi connectivity index (χ1v) is 5.11. The van der Waals surface area contributed by atoms with Gasteiger partial charge in [-0.1, -0.05) is 37.9 Å². The molecular weight excluding hydrogens is 284 g/mol. The van der Waals surface area contributed by atoms with Gasteiger partial charge in [-0.15, -0.1) is 0 Å². The van der Waals surface area contributed by atoms with Crippen molar-refractivity contribution in [1.29, 1.82) is 0 Å². The Balaban J connectivity index is 2.78. The lowest BCUT2D eigenvalue weighted by molar-refractivity contribution is 0.551. The molecule has 0 atom stereocenters. The smallest absolute Gasteiger partial charge is 0.198 e. The predicted octanol–water partition coefficient (Wildman–Crippen LogP) is 3.25. The SMILES string of the molecule is O=[C]CCc1ccc(Br)cc1Br. The van der Waals surface area contributed by atoms with Crippen molar-refractivity contribution in [2.24, 2.45) is 0 Å². The molecule has 3 heteroatoms. The molecular formula is C9H7Br2O. The second kappa shape index (κ2) is 4.77. The van der Waals surface area contributed by atoms with Crippen molar-refractivity contribution in [3.63, 3.8) is 0 Å². The molecule has 1 aromatic rings. The van der Waals surface area contributed by atoms with Crippen molar-refractivity contribution in [1.82, 2.24) is 0 Å². The largest absolute Gasteiger partial charge is 0.291 e. The molecule has 0 N–H and O–H groups in total. The van der Waals surface area contributed by atoms with Crippen LogP contribution in [0.1, 0.15) is 12.0 Å². The highest BCUT2D eigenvalue weighted by Gasteiger charge is 1.99. The molecule has 0 bridgehead atoms. The molecule has 1 radical (unpaired) electrons. The lowest BCUT2D eigenvalue weighted by atomic mass is 10.1. The average molecular weight is 291 g/mol. The summed E-state index contributed by atoms with van der Waals surface area (Å²) in [7, 11) is 0. The van der Waals surface area contributed by atoms with E-state index in [9.17, 15) is 4.79 Å². The Kier molecular flexibility index (Phi) is 3.95. The van der Waals surface area contributed by atoms with Crippen LogP contribution in [0.2, 0.25) is 0 Å². The number of rotatable bonds is 3. The van der Waals surface area contributed by atoms with E-state index in [1.807, 2.05) is 24.5 Å². The highest BCUT2D eigenvalue weighted by atomic mass is 79.9. The number of halogens is 2. The lowest BCUT2D eigenvalue weighted by Gasteiger charge is -2.01. The van der Waals surface area contributed by atoms with Gasteiger partial charge in [0, 0.05) is 15.4 Å². The van der Waals surface area contributed by atoms with E-state index in [4.69, 9.17) is 0 Å². The number of hydrogen-bond acceptors (Lipinski definition) is 1. The second-order valence-electron chi connectivity index (χ2n) is 2.38. The van der Waals surface area contributed by atoms with Crippen molar-refractivity contribution in [3.8, 4) is 0 Å². The van der Waals surface area contributed by atoms with Gasteiger partial charge in [0.1, 0.15) is 0 Å². The van der Waals surface area contributed by atoms with Gasteiger partial charge in [0.05, 0.1) is 0 Å². The maximum Gasteiger partial charge on any atom is 0.198 e. The summed E-state index contributed by atoms with van der Waals surface area (Å²) in [6, 6.07) is 5.93. The molecule has 0 aromatic heterocycles. The number of benzene rings is 1. The number of hydrogen-bond donors (Lipinski definition) is 0. The Morgan fingerprint density at radius 2 is 2.08 bits per heavy atom. The summed E-state index contributed by atoms with van der Waals surface area (Å²) in [5, 5.41) is 0. The van der Waals surface area contributed by atoms with Crippen LogP contribution in [-0.2, 0) is 11.2 Å². The Morgan fingerprint density at radius 3 is 2.67 bits per heavy atom. The Bertz CT molecular complexity index is 284. The van der Waals surface area contributed by atoms with Gasteiger partial charge in [0.2, 0.25) is 0 Å². The van der Waals surface area contributed by atoms with Crippen LogP contribution in [0, 0.1) is 0 Å². The third kappa shape index (κ3) is 2.72. The highest BCUT2D eigenvalue weighted by molar-refractivity contribution is 9.11. The van der Waals surface area contributed by atoms with E-state index in [1.165, 1.54) is 0 Å². The van der Waals surface area contributed by atoms with Crippen molar-refractivity contribution in [2.75, 3.05) is 0 Å². The van der Waals surface area contributed by atoms with Crippen LogP contribution in [0.15, 0.2) is 27.1 Å². The van der Waals surface area contributed by atoms with Gasteiger partial charge in [0.25, 0.3) is 0 Å². The molecule has 0 aliphatic heterocycles. The number of aryl methyl sites for hydroxylation is 1. The molecule has 0 aliphatic carbocycles. The van der Waals surface area contributed by atoms with Gasteiger partial charge in [-0.05, 0) is 24.1 Å². The molecule has 1 aromatic carbocycles. The molecule has 0 heterocycles. The second-order valence-corrected chi connectivity index (χ2v) is 4.15. The first kappa shape index (κ1) is 9.93. The summed E-state index contributed by atoms with van der Waals surface area (Å²) < 4.78 is 2.07. The zero-order valence-electron chi connectivity index (χ0n) is 6.31. The highest BCUT2D eigenvalue weighted by Crippen LogP contribution is 2.22. The maximum atomic E-state index is 10.0. The summed E-state index contributed by atoms with van der Waals surface area (Å²) in [6.07, 6.45) is 3.08. The van der Waals surface area contributed by atoms with Crippen molar-refractivity contribution < 1.29 is 4.79 Å².